The van der Waals surface area contributed by atoms with Crippen LogP contribution in [-0.4, -0.2) is 31.2 Å². The Morgan fingerprint density at radius 2 is 2.08 bits per heavy atom. The first-order chi connectivity index (χ1) is 12.2. The smallest absolute Gasteiger partial charge is 0.314 e. The maximum Gasteiger partial charge on any atom is 0.314 e. The van der Waals surface area contributed by atoms with Crippen LogP contribution in [0.2, 0.25) is 0 Å². The summed E-state index contributed by atoms with van der Waals surface area (Å²) in [5.74, 6) is 0.819. The van der Waals surface area contributed by atoms with Crippen LogP contribution in [0.25, 0.3) is 10.9 Å². The van der Waals surface area contributed by atoms with Gasteiger partial charge in [-0.1, -0.05) is 12.8 Å². The molecule has 2 aromatic rings. The van der Waals surface area contributed by atoms with Crippen LogP contribution in [0.3, 0.4) is 0 Å². The number of methoxy groups -OCH3 is 1. The van der Waals surface area contributed by atoms with Gasteiger partial charge in [-0.2, -0.15) is 0 Å². The Bertz CT molecular complexity index is 796. The van der Waals surface area contributed by atoms with E-state index in [1.54, 1.807) is 7.11 Å². The molecule has 2 heterocycles. The van der Waals surface area contributed by atoms with Crippen LogP contribution in [-0.2, 0) is 16.0 Å². The quantitative estimate of drug-likeness (QED) is 0.792. The number of carbonyl (C=O) groups is 1. The molecule has 0 bridgehead atoms. The minimum absolute atomic E-state index is 0. The number of esters is 1. The van der Waals surface area contributed by atoms with Crippen molar-refractivity contribution in [3.63, 3.8) is 0 Å². The highest BCUT2D eigenvalue weighted by molar-refractivity contribution is 5.87. The fourth-order valence-electron chi connectivity index (χ4n) is 4.70. The van der Waals surface area contributed by atoms with Gasteiger partial charge in [-0.15, -0.1) is 12.4 Å². The van der Waals surface area contributed by atoms with Crippen LogP contribution in [0.4, 0.5) is 0 Å². The van der Waals surface area contributed by atoms with E-state index in [0.29, 0.717) is 6.61 Å². The van der Waals surface area contributed by atoms with Crippen molar-refractivity contribution in [1.29, 1.82) is 0 Å². The SMILES string of the molecule is CCOC(=O)C1(C2NCCc3c2[nH]c2ccc(OC)cc32)CCCC1.Cl. The van der Waals surface area contributed by atoms with Crippen molar-refractivity contribution in [1.82, 2.24) is 10.3 Å². The summed E-state index contributed by atoms with van der Waals surface area (Å²) in [5, 5.41) is 4.83. The molecule has 1 aliphatic heterocycles. The molecule has 1 aromatic heterocycles. The van der Waals surface area contributed by atoms with Crippen LogP contribution in [0.1, 0.15) is 49.9 Å². The van der Waals surface area contributed by atoms with Crippen molar-refractivity contribution < 1.29 is 14.3 Å². The number of halogens is 1. The Morgan fingerprint density at radius 1 is 1.31 bits per heavy atom. The summed E-state index contributed by atoms with van der Waals surface area (Å²) in [6.45, 7) is 3.20. The summed E-state index contributed by atoms with van der Waals surface area (Å²) in [6.07, 6.45) is 4.90. The number of H-pyrrole nitrogens is 1. The Labute approximate surface area is 160 Å². The number of benzene rings is 1. The molecule has 2 N–H and O–H groups in total. The third-order valence-electron chi connectivity index (χ3n) is 5.89. The number of carbonyl (C=O) groups excluding carboxylic acids is 1. The third-order valence-corrected chi connectivity index (χ3v) is 5.89. The fraction of sp³-hybridized carbons (Fsp3) is 0.550. The summed E-state index contributed by atoms with van der Waals surface area (Å²) < 4.78 is 10.9. The van der Waals surface area contributed by atoms with E-state index >= 15 is 0 Å². The number of aromatic amines is 1. The Kier molecular flexibility index (Phi) is 5.49. The maximum absolute atomic E-state index is 12.9. The molecule has 0 saturated heterocycles. The van der Waals surface area contributed by atoms with Crippen molar-refractivity contribution >= 4 is 29.3 Å². The molecule has 26 heavy (non-hydrogen) atoms. The molecule has 1 aliphatic carbocycles. The summed E-state index contributed by atoms with van der Waals surface area (Å²) in [5.41, 5.74) is 3.13. The number of nitrogens with one attached hydrogen (secondary N) is 2. The monoisotopic (exact) mass is 378 g/mol. The number of hydrogen-bond acceptors (Lipinski definition) is 4. The second-order valence-electron chi connectivity index (χ2n) is 7.15. The van der Waals surface area contributed by atoms with E-state index in [2.05, 4.69) is 22.4 Å². The second kappa shape index (κ2) is 7.49. The summed E-state index contributed by atoms with van der Waals surface area (Å²) in [4.78, 5) is 16.5. The normalized spacial score (nSPS) is 21.1. The molecule has 4 rings (SSSR count). The first-order valence-corrected chi connectivity index (χ1v) is 9.28. The van der Waals surface area contributed by atoms with Gasteiger partial charge in [0.1, 0.15) is 5.75 Å². The Morgan fingerprint density at radius 3 is 2.77 bits per heavy atom. The zero-order valence-corrected chi connectivity index (χ0v) is 16.2. The predicted molar refractivity (Wildman–Crippen MR) is 104 cm³/mol. The first-order valence-electron chi connectivity index (χ1n) is 9.28. The van der Waals surface area contributed by atoms with Gasteiger partial charge in [0, 0.05) is 16.6 Å². The molecule has 1 atom stereocenters. The lowest BCUT2D eigenvalue weighted by atomic mass is 9.74. The lowest BCUT2D eigenvalue weighted by Gasteiger charge is -2.38. The highest BCUT2D eigenvalue weighted by Crippen LogP contribution is 2.50. The minimum Gasteiger partial charge on any atom is -0.497 e. The van der Waals surface area contributed by atoms with Crippen LogP contribution in [0.5, 0.6) is 5.75 Å². The maximum atomic E-state index is 12.9. The molecule has 142 valence electrons. The lowest BCUT2D eigenvalue weighted by molar-refractivity contribution is -0.157. The zero-order valence-electron chi connectivity index (χ0n) is 15.4. The van der Waals surface area contributed by atoms with Crippen molar-refractivity contribution in [3.05, 3.63) is 29.5 Å². The average molecular weight is 379 g/mol. The minimum atomic E-state index is -0.448. The first kappa shape index (κ1) is 19.1. The number of aromatic nitrogens is 1. The van der Waals surface area contributed by atoms with Gasteiger partial charge >= 0.3 is 5.97 Å². The van der Waals surface area contributed by atoms with Gasteiger partial charge in [0.25, 0.3) is 0 Å². The van der Waals surface area contributed by atoms with Crippen LogP contribution in [0.15, 0.2) is 18.2 Å². The van der Waals surface area contributed by atoms with Gasteiger partial charge in [-0.05, 0) is 56.5 Å². The summed E-state index contributed by atoms with van der Waals surface area (Å²) in [6, 6.07) is 6.13. The summed E-state index contributed by atoms with van der Waals surface area (Å²) in [7, 11) is 1.69. The lowest BCUT2D eigenvalue weighted by Crippen LogP contribution is -2.46. The predicted octanol–water partition coefficient (Wildman–Crippen LogP) is 3.91. The van der Waals surface area contributed by atoms with Crippen LogP contribution >= 0.6 is 12.4 Å². The van der Waals surface area contributed by atoms with Crippen molar-refractivity contribution in [2.24, 2.45) is 5.41 Å². The molecule has 1 saturated carbocycles. The van der Waals surface area contributed by atoms with Crippen molar-refractivity contribution in [2.75, 3.05) is 20.3 Å². The van der Waals surface area contributed by atoms with E-state index in [0.717, 1.165) is 55.6 Å². The highest BCUT2D eigenvalue weighted by Gasteiger charge is 2.51. The van der Waals surface area contributed by atoms with Gasteiger partial charge in [-0.3, -0.25) is 4.79 Å². The molecule has 1 unspecified atom stereocenters. The van der Waals surface area contributed by atoms with Crippen LogP contribution in [0, 0.1) is 5.41 Å². The molecule has 6 heteroatoms. The largest absolute Gasteiger partial charge is 0.497 e. The molecule has 0 spiro atoms. The van der Waals surface area contributed by atoms with Crippen LogP contribution < -0.4 is 10.1 Å². The number of ether oxygens (including phenoxy) is 2. The zero-order chi connectivity index (χ0) is 17.4. The molecule has 5 nitrogen and oxygen atoms in total. The third kappa shape index (κ3) is 2.87. The topological polar surface area (TPSA) is 63.3 Å². The van der Waals surface area contributed by atoms with Gasteiger partial charge in [0.15, 0.2) is 0 Å². The Balaban J connectivity index is 0.00000196. The molecular formula is C20H27ClN2O3. The van der Waals surface area contributed by atoms with Crippen molar-refractivity contribution in [3.8, 4) is 5.75 Å². The molecule has 1 fully saturated rings. The number of rotatable bonds is 4. The van der Waals surface area contributed by atoms with E-state index in [-0.39, 0.29) is 24.4 Å². The Hall–Kier alpha value is -1.72. The van der Waals surface area contributed by atoms with Gasteiger partial charge in [-0.25, -0.2) is 0 Å². The highest BCUT2D eigenvalue weighted by atomic mass is 35.5. The van der Waals surface area contributed by atoms with Gasteiger partial charge in [0.05, 0.1) is 25.2 Å². The second-order valence-corrected chi connectivity index (χ2v) is 7.15. The molecule has 1 aromatic carbocycles. The van der Waals surface area contributed by atoms with E-state index in [4.69, 9.17) is 9.47 Å². The van der Waals surface area contributed by atoms with E-state index < -0.39 is 5.41 Å². The number of fused-ring (bicyclic) bond motifs is 3. The molecule has 0 amide bonds. The molecular weight excluding hydrogens is 352 g/mol. The molecule has 0 radical (unpaired) electrons. The molecule has 2 aliphatic rings. The summed E-state index contributed by atoms with van der Waals surface area (Å²) >= 11 is 0. The average Bonchev–Trinajstić information content (AvgIpc) is 3.26. The van der Waals surface area contributed by atoms with E-state index in [1.165, 1.54) is 10.9 Å². The fourth-order valence-corrected chi connectivity index (χ4v) is 4.70. The van der Waals surface area contributed by atoms with E-state index in [1.807, 2.05) is 13.0 Å². The van der Waals surface area contributed by atoms with Gasteiger partial charge < -0.3 is 19.8 Å². The number of hydrogen-bond donors (Lipinski definition) is 2. The van der Waals surface area contributed by atoms with Gasteiger partial charge in [0.2, 0.25) is 0 Å². The van der Waals surface area contributed by atoms with Crippen molar-refractivity contribution in [2.45, 2.75) is 45.1 Å². The standard InChI is InChI=1S/C20H26N2O3.ClH/c1-3-25-19(23)20(9-4-5-10-20)18-17-14(8-11-21-18)15-12-13(24-2)6-7-16(15)22-17;/h6-7,12,18,21-22H,3-5,8-11H2,1-2H3;1H. The van der Waals surface area contributed by atoms with E-state index in [9.17, 15) is 4.79 Å².